The first-order valence-corrected chi connectivity index (χ1v) is 3.00. The van der Waals surface area contributed by atoms with Crippen LogP contribution in [0.1, 0.15) is 13.8 Å². The molecule has 0 radical (unpaired) electrons. The van der Waals surface area contributed by atoms with Gasteiger partial charge in [-0.2, -0.15) is 0 Å². The molecule has 0 aromatic heterocycles. The lowest BCUT2D eigenvalue weighted by molar-refractivity contribution is -0.116. The third-order valence-corrected chi connectivity index (χ3v) is 1.44. The molecule has 3 heteroatoms. The quantitative estimate of drug-likeness (QED) is 0.571. The van der Waals surface area contributed by atoms with Crippen LogP contribution >= 0.6 is 27.5 Å². The van der Waals surface area contributed by atoms with E-state index in [9.17, 15) is 4.79 Å². The van der Waals surface area contributed by atoms with Crippen molar-refractivity contribution in [2.24, 2.45) is 0 Å². The molecule has 0 N–H and O–H groups in total. The van der Waals surface area contributed by atoms with Crippen LogP contribution in [0, 0.1) is 0 Å². The molecule has 0 aromatic carbocycles. The van der Waals surface area contributed by atoms with Gasteiger partial charge in [0.2, 0.25) is 0 Å². The highest BCUT2D eigenvalue weighted by molar-refractivity contribution is 9.10. The molecule has 0 rings (SSSR count). The second-order valence-electron chi connectivity index (χ2n) is 1.44. The monoisotopic (exact) mass is 184 g/mol. The Morgan fingerprint density at radius 1 is 1.86 bits per heavy atom. The normalized spacial score (nSPS) is 18.3. The van der Waals surface area contributed by atoms with Gasteiger partial charge in [-0.25, -0.2) is 0 Å². The lowest BCUT2D eigenvalue weighted by atomic mass is 10.3. The number of halogens is 2. The third kappa shape index (κ3) is 3.06. The minimum atomic E-state index is -0.854. The van der Waals surface area contributed by atoms with Crippen LogP contribution in [-0.2, 0) is 4.79 Å². The molecule has 0 heterocycles. The Kier molecular flexibility index (Phi) is 2.27. The molecule has 0 saturated carbocycles. The first-order chi connectivity index (χ1) is 2.94. The van der Waals surface area contributed by atoms with Crippen molar-refractivity contribution >= 4 is 33.3 Å². The fourth-order valence-corrected chi connectivity index (χ4v) is 0. The molecule has 0 fully saturated rings. The van der Waals surface area contributed by atoms with Crippen LogP contribution < -0.4 is 0 Å². The minimum absolute atomic E-state index is 0.0748. The highest BCUT2D eigenvalue weighted by atomic mass is 79.9. The summed E-state index contributed by atoms with van der Waals surface area (Å²) in [6.45, 7) is 3.03. The molecule has 0 saturated heterocycles. The second-order valence-corrected chi connectivity index (χ2v) is 4.24. The molecule has 0 aliphatic carbocycles. The molecule has 0 aliphatic rings. The predicted molar refractivity (Wildman–Crippen MR) is 33.9 cm³/mol. The number of rotatable bonds is 1. The van der Waals surface area contributed by atoms with E-state index in [1.807, 2.05) is 0 Å². The Hall–Kier alpha value is 0.440. The van der Waals surface area contributed by atoms with Crippen LogP contribution in [0.2, 0.25) is 0 Å². The van der Waals surface area contributed by atoms with Gasteiger partial charge in [-0.05, 0) is 13.8 Å². The third-order valence-electron chi connectivity index (χ3n) is 0.618. The average molecular weight is 185 g/mol. The molecule has 0 spiro atoms. The Morgan fingerprint density at radius 3 is 2.00 bits per heavy atom. The van der Waals surface area contributed by atoms with E-state index >= 15 is 0 Å². The van der Waals surface area contributed by atoms with E-state index in [1.54, 1.807) is 6.92 Å². The van der Waals surface area contributed by atoms with Gasteiger partial charge in [-0.1, -0.05) is 27.5 Å². The Balaban J connectivity index is 3.79. The van der Waals surface area contributed by atoms with Gasteiger partial charge in [0.05, 0.1) is 0 Å². The fraction of sp³-hybridized carbons (Fsp3) is 0.750. The van der Waals surface area contributed by atoms with E-state index in [1.165, 1.54) is 6.92 Å². The maximum absolute atomic E-state index is 10.3. The zero-order valence-electron chi connectivity index (χ0n) is 4.16. The lowest BCUT2D eigenvalue weighted by Crippen LogP contribution is -2.16. The SMILES string of the molecule is CC(=O)[C@](C)(Cl)Br. The molecule has 1 atom stereocenters. The smallest absolute Gasteiger partial charge is 0.161 e. The summed E-state index contributed by atoms with van der Waals surface area (Å²) in [5.41, 5.74) is 0. The lowest BCUT2D eigenvalue weighted by Gasteiger charge is -2.05. The van der Waals surface area contributed by atoms with Crippen molar-refractivity contribution in [3.05, 3.63) is 0 Å². The summed E-state index contributed by atoms with van der Waals surface area (Å²) in [6.07, 6.45) is 0. The van der Waals surface area contributed by atoms with Crippen molar-refractivity contribution in [1.82, 2.24) is 0 Å². The van der Waals surface area contributed by atoms with E-state index < -0.39 is 3.78 Å². The topological polar surface area (TPSA) is 17.1 Å². The molecule has 7 heavy (non-hydrogen) atoms. The number of Topliss-reactive ketones (excluding diaryl/α,β-unsaturated/α-hetero) is 1. The fourth-order valence-electron chi connectivity index (χ4n) is 0. The van der Waals surface area contributed by atoms with Crippen LogP contribution in [0.3, 0.4) is 0 Å². The van der Waals surface area contributed by atoms with Gasteiger partial charge in [-0.15, -0.1) is 0 Å². The number of ketones is 1. The van der Waals surface area contributed by atoms with E-state index in [0.29, 0.717) is 0 Å². The number of hydrogen-bond donors (Lipinski definition) is 0. The van der Waals surface area contributed by atoms with E-state index in [0.717, 1.165) is 0 Å². The first kappa shape index (κ1) is 7.44. The van der Waals surface area contributed by atoms with Crippen molar-refractivity contribution in [3.63, 3.8) is 0 Å². The zero-order valence-corrected chi connectivity index (χ0v) is 6.51. The van der Waals surface area contributed by atoms with Crippen molar-refractivity contribution in [3.8, 4) is 0 Å². The zero-order chi connectivity index (χ0) is 6.08. The highest BCUT2D eigenvalue weighted by Gasteiger charge is 2.20. The van der Waals surface area contributed by atoms with E-state index in [-0.39, 0.29) is 5.78 Å². The van der Waals surface area contributed by atoms with Crippen LogP contribution in [0.5, 0.6) is 0 Å². The summed E-state index contributed by atoms with van der Waals surface area (Å²) >= 11 is 8.39. The summed E-state index contributed by atoms with van der Waals surface area (Å²) < 4.78 is -0.854. The molecular formula is C4H6BrClO. The molecule has 42 valence electrons. The summed E-state index contributed by atoms with van der Waals surface area (Å²) in [6, 6.07) is 0. The minimum Gasteiger partial charge on any atom is -0.297 e. The maximum atomic E-state index is 10.3. The second kappa shape index (κ2) is 2.14. The van der Waals surface area contributed by atoms with Gasteiger partial charge in [0.1, 0.15) is 0 Å². The number of alkyl halides is 2. The number of hydrogen-bond acceptors (Lipinski definition) is 1. The highest BCUT2D eigenvalue weighted by Crippen LogP contribution is 2.22. The summed E-state index contributed by atoms with van der Waals surface area (Å²) in [7, 11) is 0. The van der Waals surface area contributed by atoms with Crippen LogP contribution in [-0.4, -0.2) is 9.57 Å². The largest absolute Gasteiger partial charge is 0.297 e. The Labute approximate surface area is 56.2 Å². The van der Waals surface area contributed by atoms with Gasteiger partial charge >= 0.3 is 0 Å². The van der Waals surface area contributed by atoms with Crippen LogP contribution in [0.4, 0.5) is 0 Å². The van der Waals surface area contributed by atoms with Gasteiger partial charge in [0.15, 0.2) is 9.57 Å². The molecule has 0 amide bonds. The Bertz CT molecular complexity index is 84.2. The van der Waals surface area contributed by atoms with Crippen molar-refractivity contribution < 1.29 is 4.79 Å². The maximum Gasteiger partial charge on any atom is 0.161 e. The number of carbonyl (C=O) groups is 1. The summed E-state index contributed by atoms with van der Waals surface area (Å²) in [4.78, 5) is 10.3. The molecule has 1 nitrogen and oxygen atoms in total. The standard InChI is InChI=1S/C4H6BrClO/c1-3(7)4(2,5)6/h1-2H3/t4-/m0/s1. The Morgan fingerprint density at radius 2 is 2.00 bits per heavy atom. The molecule has 0 bridgehead atoms. The predicted octanol–water partition coefficient (Wildman–Crippen LogP) is 1.93. The van der Waals surface area contributed by atoms with Gasteiger partial charge in [0.25, 0.3) is 0 Å². The molecule has 0 unspecified atom stereocenters. The van der Waals surface area contributed by atoms with Crippen molar-refractivity contribution in [1.29, 1.82) is 0 Å². The average Bonchev–Trinajstić information content (AvgIpc) is 1.31. The van der Waals surface area contributed by atoms with Crippen LogP contribution in [0.15, 0.2) is 0 Å². The summed E-state index contributed by atoms with van der Waals surface area (Å²) in [5.74, 6) is -0.0748. The van der Waals surface area contributed by atoms with Gasteiger partial charge < -0.3 is 0 Å². The molecule has 0 aliphatic heterocycles. The van der Waals surface area contributed by atoms with E-state index in [2.05, 4.69) is 15.9 Å². The van der Waals surface area contributed by atoms with Crippen LogP contribution in [0.25, 0.3) is 0 Å². The van der Waals surface area contributed by atoms with E-state index in [4.69, 9.17) is 11.6 Å². The van der Waals surface area contributed by atoms with Gasteiger partial charge in [-0.3, -0.25) is 4.79 Å². The van der Waals surface area contributed by atoms with Gasteiger partial charge in [0, 0.05) is 0 Å². The van der Waals surface area contributed by atoms with Crippen molar-refractivity contribution in [2.75, 3.05) is 0 Å². The molecule has 0 aromatic rings. The molecular weight excluding hydrogens is 179 g/mol. The first-order valence-electron chi connectivity index (χ1n) is 1.83. The number of carbonyl (C=O) groups excluding carboxylic acids is 1. The summed E-state index contributed by atoms with van der Waals surface area (Å²) in [5, 5.41) is 0. The van der Waals surface area contributed by atoms with Crippen molar-refractivity contribution in [2.45, 2.75) is 17.6 Å².